The molecule has 1 aliphatic carbocycles. The van der Waals surface area contributed by atoms with Crippen LogP contribution in [-0.2, 0) is 78.6 Å². The van der Waals surface area contributed by atoms with Crippen molar-refractivity contribution >= 4 is 65.6 Å². The molecule has 6 heterocycles. The van der Waals surface area contributed by atoms with Crippen LogP contribution >= 0.6 is 0 Å². The van der Waals surface area contributed by atoms with Gasteiger partial charge in [0, 0.05) is 79.5 Å². The first kappa shape index (κ1) is 68.7. The number of carboxylic acid groups (broad SMARTS) is 1. The second kappa shape index (κ2) is 34.4. The van der Waals surface area contributed by atoms with Crippen molar-refractivity contribution < 1.29 is 112 Å². The molecule has 77 heavy (non-hydrogen) atoms. The summed E-state index contributed by atoms with van der Waals surface area (Å²) in [6, 6.07) is 3.20. The number of carbonyl (C=O) groups is 8. The Bertz CT molecular complexity index is 2620. The maximum atomic E-state index is 14.5. The molecule has 418 valence electrons. The second-order valence-electron chi connectivity index (χ2n) is 17.5. The molecule has 24 nitrogen and oxygen atoms in total. The van der Waals surface area contributed by atoms with Crippen molar-refractivity contribution in [1.29, 1.82) is 0 Å². The SMILES string of the molecule is CC.CC(C)C(C)NC(=O)CCNC(=O)CN1C(=O)C=CC1=O.Cc1c(F)cc2nc3c(c4c2c1CCC4)Cn1c-3cc2c(c1=O)COC(=O)C2O.NC(=O)CCNC(=O)CCO.O=CO.OC1COCC(O)C1.[CH-]=O.[Na+]. The number of aliphatic hydroxyl groups excluding tert-OH is 4. The number of hydrogen-bond donors (Lipinski definition) is 9. The Morgan fingerprint density at radius 1 is 0.883 bits per heavy atom. The van der Waals surface area contributed by atoms with Gasteiger partial charge in [-0.1, -0.05) is 27.7 Å². The summed E-state index contributed by atoms with van der Waals surface area (Å²) in [5.41, 5.74) is 10.7. The molecule has 1 aromatic carbocycles. The number of aromatic nitrogens is 2. The van der Waals surface area contributed by atoms with Crippen LogP contribution < -0.4 is 56.8 Å². The van der Waals surface area contributed by atoms with E-state index < -0.39 is 47.9 Å². The van der Waals surface area contributed by atoms with E-state index >= 15 is 0 Å². The van der Waals surface area contributed by atoms with Gasteiger partial charge in [0.1, 0.15) is 19.0 Å². The number of cyclic esters (lactones) is 1. The summed E-state index contributed by atoms with van der Waals surface area (Å²) in [6.45, 7) is 15.6. The number of pyridine rings is 2. The molecule has 0 radical (unpaired) electrons. The number of rotatable bonds is 12. The van der Waals surface area contributed by atoms with Crippen LogP contribution in [0.4, 0.5) is 4.39 Å². The number of aryl methyl sites for hydroxylation is 2. The Morgan fingerprint density at radius 3 is 2.00 bits per heavy atom. The summed E-state index contributed by atoms with van der Waals surface area (Å²) in [5, 5.41) is 51.8. The number of benzene rings is 1. The predicted molar refractivity (Wildman–Crippen MR) is 271 cm³/mol. The Balaban J connectivity index is 0.000000541. The minimum absolute atomic E-state index is 0. The third-order valence-corrected chi connectivity index (χ3v) is 12.0. The van der Waals surface area contributed by atoms with Crippen LogP contribution in [0.5, 0.6) is 0 Å². The fourth-order valence-corrected chi connectivity index (χ4v) is 7.96. The fraction of sp³-hybridized carbons (Fsp3) is 0.510. The van der Waals surface area contributed by atoms with E-state index in [9.17, 15) is 47.9 Å². The van der Waals surface area contributed by atoms with Crippen molar-refractivity contribution in [2.75, 3.05) is 39.5 Å². The molecule has 4 aliphatic heterocycles. The Morgan fingerprint density at radius 2 is 1.45 bits per heavy atom. The number of primary amides is 1. The van der Waals surface area contributed by atoms with Crippen molar-refractivity contribution in [3.8, 4) is 11.4 Å². The number of hydrogen-bond acceptors (Lipinski definition) is 17. The van der Waals surface area contributed by atoms with Gasteiger partial charge in [-0.3, -0.25) is 50.0 Å². The Hall–Kier alpha value is -6.32. The molecule has 26 heteroatoms. The summed E-state index contributed by atoms with van der Waals surface area (Å²) in [4.78, 5) is 113. The molecule has 4 unspecified atom stereocenters. The Kier molecular flexibility index (Phi) is 30.7. The number of nitrogens with two attached hydrogens (primary N) is 1. The number of nitrogens with one attached hydrogen (secondary N) is 3. The van der Waals surface area contributed by atoms with Gasteiger partial charge in [0.25, 0.3) is 23.8 Å². The zero-order valence-corrected chi connectivity index (χ0v) is 46.4. The number of amides is 6. The van der Waals surface area contributed by atoms with Crippen LogP contribution in [0.3, 0.4) is 0 Å². The fourth-order valence-electron chi connectivity index (χ4n) is 7.96. The maximum absolute atomic E-state index is 14.5. The predicted octanol–water partition coefficient (Wildman–Crippen LogP) is -3.02. The van der Waals surface area contributed by atoms with Gasteiger partial charge < -0.3 is 66.1 Å². The number of esters is 1. The van der Waals surface area contributed by atoms with Gasteiger partial charge in [-0.25, -0.2) is 14.2 Å². The van der Waals surface area contributed by atoms with Crippen molar-refractivity contribution in [2.24, 2.45) is 11.7 Å². The molecule has 8 rings (SSSR count). The number of carbonyl (C=O) groups excluding carboxylic acids is 8. The van der Waals surface area contributed by atoms with Gasteiger partial charge in [0.15, 0.2) is 6.10 Å². The molecule has 0 spiro atoms. The largest absolute Gasteiger partial charge is 1.00 e. The summed E-state index contributed by atoms with van der Waals surface area (Å²) in [6.07, 6.45) is 3.26. The second-order valence-corrected chi connectivity index (χ2v) is 17.5. The Labute approximate surface area is 466 Å². The molecule has 2 aromatic heterocycles. The summed E-state index contributed by atoms with van der Waals surface area (Å²) < 4.78 is 25.9. The van der Waals surface area contributed by atoms with E-state index in [2.05, 4.69) is 22.7 Å². The van der Waals surface area contributed by atoms with Crippen LogP contribution in [0.25, 0.3) is 22.3 Å². The molecule has 6 amide bonds. The van der Waals surface area contributed by atoms with Crippen LogP contribution in [0.15, 0.2) is 29.1 Å². The van der Waals surface area contributed by atoms with E-state index in [0.717, 1.165) is 58.4 Å². The maximum Gasteiger partial charge on any atom is 1.00 e. The molecule has 1 saturated heterocycles. The zero-order valence-electron chi connectivity index (χ0n) is 44.4. The first-order valence-corrected chi connectivity index (χ1v) is 24.4. The molecular formula is C51H69FN7NaO17. The number of fused-ring (bicyclic) bond motifs is 5. The number of aliphatic hydroxyl groups is 4. The third kappa shape index (κ3) is 19.9. The van der Waals surface area contributed by atoms with Gasteiger partial charge >= 0.3 is 35.5 Å². The van der Waals surface area contributed by atoms with E-state index in [0.29, 0.717) is 60.1 Å². The van der Waals surface area contributed by atoms with Crippen LogP contribution in [0.1, 0.15) is 106 Å². The van der Waals surface area contributed by atoms with Gasteiger partial charge in [-0.2, -0.15) is 0 Å². The summed E-state index contributed by atoms with van der Waals surface area (Å²) in [5.74, 6) is -3.03. The standard InChI is InChI=1S/C22H17FN2O4.C14H21N3O4.C6H12N2O3.C5H10O3.C2H6.CH2O2.CHO.Na/c1-9-10-3-2-4-11-13-7-25-17(19(13)24-16(18(10)11)6-15(9)23)5-12-14(21(25)27)8-29-22(28)20(12)26;1-9(2)10(3)16-11(18)6-7-15-12(19)8-17-13(20)4-5-14(17)21;7-5(10)1-3-8-6(11)2-4-9;6-4-1-5(7)3-8-2-4;1-2;2-1-3;1-2;/h5-6,20,26H,2-4,7-8H2,1H3;4-5,9-10H,6-8H2,1-3H3,(H,15,19)(H,16,18);9H,1-4H2,(H2,7,10)(H,8,11);4-7H,1-3H2;1-2H3;1H,(H,2,3);1H;/q;;;;;;-1;+1. The minimum atomic E-state index is -1.48. The van der Waals surface area contributed by atoms with E-state index in [-0.39, 0.29) is 123 Å². The summed E-state index contributed by atoms with van der Waals surface area (Å²) >= 11 is 0. The number of halogens is 1. The van der Waals surface area contributed by atoms with Gasteiger partial charge in [0.05, 0.1) is 61.0 Å². The first-order valence-electron chi connectivity index (χ1n) is 24.4. The van der Waals surface area contributed by atoms with Crippen molar-refractivity contribution in [3.05, 3.63) is 73.8 Å². The molecule has 10 N–H and O–H groups in total. The summed E-state index contributed by atoms with van der Waals surface area (Å²) in [7, 11) is 0. The smallest absolute Gasteiger partial charge is 0.545 e. The topological polar surface area (TPSA) is 373 Å². The average Bonchev–Trinajstić information content (AvgIpc) is 3.91. The quantitative estimate of drug-likeness (QED) is 0.0224. The van der Waals surface area contributed by atoms with Crippen LogP contribution in [0.2, 0.25) is 0 Å². The van der Waals surface area contributed by atoms with E-state index in [4.69, 9.17) is 50.2 Å². The molecular weight excluding hydrogens is 1020 g/mol. The van der Waals surface area contributed by atoms with Crippen LogP contribution in [-0.4, -0.2) is 152 Å². The van der Waals surface area contributed by atoms with Crippen molar-refractivity contribution in [1.82, 2.24) is 30.4 Å². The molecule has 0 bridgehead atoms. The molecule has 5 aliphatic rings. The number of ether oxygens (including phenoxy) is 2. The van der Waals surface area contributed by atoms with Gasteiger partial charge in [-0.05, 0) is 61.8 Å². The van der Waals surface area contributed by atoms with Gasteiger partial charge in [0.2, 0.25) is 23.6 Å². The monoisotopic (exact) mass is 1090 g/mol. The average molecular weight is 1090 g/mol. The van der Waals surface area contributed by atoms with Crippen LogP contribution in [0, 0.1) is 18.7 Å². The zero-order chi connectivity index (χ0) is 57.4. The van der Waals surface area contributed by atoms with Gasteiger partial charge in [-0.15, -0.1) is 0 Å². The molecule has 1 fully saturated rings. The first-order chi connectivity index (χ1) is 36.1. The van der Waals surface area contributed by atoms with E-state index in [1.165, 1.54) is 6.07 Å². The number of imide groups is 1. The third-order valence-electron chi connectivity index (χ3n) is 12.0. The normalized spacial score (nSPS) is 17.1. The minimum Gasteiger partial charge on any atom is -0.545 e. The molecule has 4 atom stereocenters. The number of nitrogens with zero attached hydrogens (tertiary/aromatic N) is 3. The van der Waals surface area contributed by atoms with E-state index in [1.54, 1.807) is 17.6 Å². The molecule has 3 aromatic rings. The van der Waals surface area contributed by atoms with Crippen molar-refractivity contribution in [2.45, 2.75) is 124 Å². The van der Waals surface area contributed by atoms with E-state index in [1.807, 2.05) is 34.6 Å². The molecule has 0 saturated carbocycles. The van der Waals surface area contributed by atoms with Crippen molar-refractivity contribution in [3.63, 3.8) is 0 Å².